The predicted molar refractivity (Wildman–Crippen MR) is 71.8 cm³/mol. The van der Waals surface area contributed by atoms with Crippen LogP contribution in [-0.2, 0) is 4.74 Å². The van der Waals surface area contributed by atoms with Gasteiger partial charge < -0.3 is 10.1 Å². The molecule has 1 aromatic heterocycles. The van der Waals surface area contributed by atoms with Crippen LogP contribution in [0.3, 0.4) is 0 Å². The second kappa shape index (κ2) is 5.65. The van der Waals surface area contributed by atoms with Crippen LogP contribution in [0.1, 0.15) is 47.9 Å². The molecular formula is C12H16BrN3O2. The Balaban J connectivity index is 2.45. The number of aromatic nitrogens is 2. The summed E-state index contributed by atoms with van der Waals surface area (Å²) in [6, 6.07) is 0. The Morgan fingerprint density at radius 1 is 1.39 bits per heavy atom. The first-order chi connectivity index (χ1) is 8.67. The largest absolute Gasteiger partial charge is 0.463 e. The van der Waals surface area contributed by atoms with Gasteiger partial charge in [-0.1, -0.05) is 12.8 Å². The molecule has 2 rings (SSSR count). The van der Waals surface area contributed by atoms with Gasteiger partial charge in [0.2, 0.25) is 5.82 Å². The number of ether oxygens (including phenoxy) is 1. The smallest absolute Gasteiger partial charge is 0.376 e. The molecule has 1 heterocycles. The molecule has 98 valence electrons. The summed E-state index contributed by atoms with van der Waals surface area (Å²) in [7, 11) is 3.11. The van der Waals surface area contributed by atoms with Crippen molar-refractivity contribution < 1.29 is 9.53 Å². The molecule has 0 saturated heterocycles. The van der Waals surface area contributed by atoms with Crippen LogP contribution in [0.5, 0.6) is 0 Å². The first-order valence-electron chi connectivity index (χ1n) is 6.01. The third kappa shape index (κ3) is 2.48. The van der Waals surface area contributed by atoms with Gasteiger partial charge >= 0.3 is 5.97 Å². The number of carbonyl (C=O) groups is 1. The molecule has 0 atom stereocenters. The molecule has 0 radical (unpaired) electrons. The average Bonchev–Trinajstić information content (AvgIpc) is 2.92. The normalized spacial score (nSPS) is 15.7. The third-order valence-corrected chi connectivity index (χ3v) is 4.01. The van der Waals surface area contributed by atoms with Gasteiger partial charge in [-0.2, -0.15) is 0 Å². The van der Waals surface area contributed by atoms with Gasteiger partial charge in [0, 0.05) is 13.0 Å². The van der Waals surface area contributed by atoms with E-state index in [0.717, 1.165) is 23.0 Å². The summed E-state index contributed by atoms with van der Waals surface area (Å²) < 4.78 is 5.54. The van der Waals surface area contributed by atoms with Crippen molar-refractivity contribution >= 4 is 27.7 Å². The average molecular weight is 314 g/mol. The van der Waals surface area contributed by atoms with Crippen molar-refractivity contribution in [2.24, 2.45) is 0 Å². The fourth-order valence-electron chi connectivity index (χ4n) is 2.28. The van der Waals surface area contributed by atoms with E-state index in [1.165, 1.54) is 20.0 Å². The molecule has 5 nitrogen and oxygen atoms in total. The molecule has 6 heteroatoms. The zero-order chi connectivity index (χ0) is 13.1. The number of nitrogens with one attached hydrogen (secondary N) is 1. The Kier molecular flexibility index (Phi) is 4.16. The molecule has 0 aliphatic heterocycles. The van der Waals surface area contributed by atoms with Crippen LogP contribution in [0, 0.1) is 0 Å². The lowest BCUT2D eigenvalue weighted by Gasteiger charge is -2.14. The lowest BCUT2D eigenvalue weighted by molar-refractivity contribution is 0.0586. The fraction of sp³-hybridized carbons (Fsp3) is 0.583. The fourth-order valence-corrected chi connectivity index (χ4v) is 2.98. The van der Waals surface area contributed by atoms with Crippen LogP contribution < -0.4 is 5.32 Å². The molecule has 1 fully saturated rings. The van der Waals surface area contributed by atoms with Gasteiger partial charge in [0.15, 0.2) is 0 Å². The zero-order valence-corrected chi connectivity index (χ0v) is 12.1. The summed E-state index contributed by atoms with van der Waals surface area (Å²) in [6.45, 7) is 0. The summed E-state index contributed by atoms with van der Waals surface area (Å²) in [5, 5.41) is 2.97. The molecule has 0 amide bonds. The van der Waals surface area contributed by atoms with E-state index < -0.39 is 5.97 Å². The Labute approximate surface area is 114 Å². The number of halogens is 1. The Morgan fingerprint density at radius 2 is 2.06 bits per heavy atom. The van der Waals surface area contributed by atoms with E-state index in [1.54, 1.807) is 7.05 Å². The molecule has 0 unspecified atom stereocenters. The summed E-state index contributed by atoms with van der Waals surface area (Å²) in [4.78, 5) is 20.1. The van der Waals surface area contributed by atoms with Gasteiger partial charge in [0.05, 0.1) is 17.3 Å². The second-order valence-electron chi connectivity index (χ2n) is 4.32. The quantitative estimate of drug-likeness (QED) is 0.869. The summed E-state index contributed by atoms with van der Waals surface area (Å²) in [5.41, 5.74) is 0.909. The Morgan fingerprint density at radius 3 is 2.61 bits per heavy atom. The predicted octanol–water partition coefficient (Wildman–Crippen LogP) is 2.73. The van der Waals surface area contributed by atoms with Gasteiger partial charge in [0.25, 0.3) is 0 Å². The number of hydrogen-bond acceptors (Lipinski definition) is 5. The molecule has 1 saturated carbocycles. The van der Waals surface area contributed by atoms with Crippen LogP contribution in [0.2, 0.25) is 0 Å². The van der Waals surface area contributed by atoms with Crippen molar-refractivity contribution in [3.05, 3.63) is 16.0 Å². The Hall–Kier alpha value is -1.17. The lowest BCUT2D eigenvalue weighted by atomic mass is 10.0. The topological polar surface area (TPSA) is 64.1 Å². The molecule has 0 spiro atoms. The minimum atomic E-state index is -0.502. The number of esters is 1. The number of anilines is 1. The maximum Gasteiger partial charge on any atom is 0.376 e. The van der Waals surface area contributed by atoms with E-state index in [0.29, 0.717) is 11.7 Å². The zero-order valence-electron chi connectivity index (χ0n) is 10.5. The molecule has 1 aliphatic carbocycles. The molecule has 1 aromatic rings. The molecule has 1 aliphatic rings. The standard InChI is InChI=1S/C12H16BrN3O2/c1-14-10-8(13)9(7-5-3-4-6-7)15-11(16-10)12(17)18-2/h7H,3-6H2,1-2H3,(H,14,15,16). The third-order valence-electron chi connectivity index (χ3n) is 3.22. The van der Waals surface area contributed by atoms with Crippen LogP contribution in [0.25, 0.3) is 0 Å². The number of methoxy groups -OCH3 is 1. The van der Waals surface area contributed by atoms with Gasteiger partial charge in [-0.15, -0.1) is 0 Å². The molecular weight excluding hydrogens is 298 g/mol. The highest BCUT2D eigenvalue weighted by Crippen LogP contribution is 2.38. The van der Waals surface area contributed by atoms with Crippen molar-refractivity contribution in [1.29, 1.82) is 0 Å². The minimum absolute atomic E-state index is 0.118. The first-order valence-corrected chi connectivity index (χ1v) is 6.80. The molecule has 0 aromatic carbocycles. The number of nitrogens with zero attached hydrogens (tertiary/aromatic N) is 2. The van der Waals surface area contributed by atoms with Crippen LogP contribution in [0.15, 0.2) is 4.47 Å². The van der Waals surface area contributed by atoms with Crippen LogP contribution >= 0.6 is 15.9 Å². The maximum atomic E-state index is 11.6. The SMILES string of the molecule is CNc1nc(C(=O)OC)nc(C2CCCC2)c1Br. The van der Waals surface area contributed by atoms with Gasteiger partial charge in [0.1, 0.15) is 5.82 Å². The highest BCUT2D eigenvalue weighted by Gasteiger charge is 2.25. The van der Waals surface area contributed by atoms with Crippen molar-refractivity contribution in [2.45, 2.75) is 31.6 Å². The first kappa shape index (κ1) is 13.3. The summed E-state index contributed by atoms with van der Waals surface area (Å²) in [5.74, 6) is 0.648. The maximum absolute atomic E-state index is 11.6. The van der Waals surface area contributed by atoms with Crippen LogP contribution in [-0.4, -0.2) is 30.1 Å². The minimum Gasteiger partial charge on any atom is -0.463 e. The van der Waals surface area contributed by atoms with Crippen LogP contribution in [0.4, 0.5) is 5.82 Å². The van der Waals surface area contributed by atoms with Crippen molar-refractivity contribution in [1.82, 2.24) is 9.97 Å². The van der Waals surface area contributed by atoms with Crippen molar-refractivity contribution in [3.8, 4) is 0 Å². The number of hydrogen-bond donors (Lipinski definition) is 1. The Bertz CT molecular complexity index is 459. The van der Waals surface area contributed by atoms with E-state index >= 15 is 0 Å². The van der Waals surface area contributed by atoms with E-state index in [1.807, 2.05) is 0 Å². The van der Waals surface area contributed by atoms with Gasteiger partial charge in [-0.25, -0.2) is 14.8 Å². The highest BCUT2D eigenvalue weighted by molar-refractivity contribution is 9.10. The van der Waals surface area contributed by atoms with E-state index in [4.69, 9.17) is 0 Å². The summed E-state index contributed by atoms with van der Waals surface area (Å²) >= 11 is 3.52. The lowest BCUT2D eigenvalue weighted by Crippen LogP contribution is -2.13. The molecule has 0 bridgehead atoms. The molecule has 1 N–H and O–H groups in total. The highest BCUT2D eigenvalue weighted by atomic mass is 79.9. The van der Waals surface area contributed by atoms with Gasteiger partial charge in [-0.05, 0) is 28.8 Å². The van der Waals surface area contributed by atoms with E-state index in [2.05, 4.69) is 36.0 Å². The van der Waals surface area contributed by atoms with Gasteiger partial charge in [-0.3, -0.25) is 0 Å². The van der Waals surface area contributed by atoms with Crippen molar-refractivity contribution in [3.63, 3.8) is 0 Å². The van der Waals surface area contributed by atoms with Crippen molar-refractivity contribution in [2.75, 3.05) is 19.5 Å². The van der Waals surface area contributed by atoms with E-state index in [9.17, 15) is 4.79 Å². The number of carbonyl (C=O) groups excluding carboxylic acids is 1. The second-order valence-corrected chi connectivity index (χ2v) is 5.11. The summed E-state index contributed by atoms with van der Waals surface area (Å²) in [6.07, 6.45) is 4.64. The number of rotatable bonds is 3. The monoisotopic (exact) mass is 313 g/mol. The van der Waals surface area contributed by atoms with E-state index in [-0.39, 0.29) is 5.82 Å². The molecule has 18 heavy (non-hydrogen) atoms.